The fraction of sp³-hybridized carbons (Fsp3) is 0.133. The number of ether oxygens (including phenoxy) is 1. The number of benzene rings is 2. The Morgan fingerprint density at radius 3 is 2.76 bits per heavy atom. The van der Waals surface area contributed by atoms with Crippen LogP contribution in [0.2, 0.25) is 5.02 Å². The van der Waals surface area contributed by atoms with Gasteiger partial charge in [0.2, 0.25) is 0 Å². The molecule has 110 valence electrons. The lowest BCUT2D eigenvalue weighted by atomic mass is 10.1. The number of anilines is 3. The van der Waals surface area contributed by atoms with Crippen molar-refractivity contribution in [3.8, 4) is 0 Å². The van der Waals surface area contributed by atoms with E-state index in [0.29, 0.717) is 22.9 Å². The van der Waals surface area contributed by atoms with Gasteiger partial charge in [-0.2, -0.15) is 0 Å². The maximum absolute atomic E-state index is 11.8. The van der Waals surface area contributed by atoms with Crippen LogP contribution in [-0.2, 0) is 4.74 Å². The largest absolute Gasteiger partial charge is 0.462 e. The predicted octanol–water partition coefficient (Wildman–Crippen LogP) is 4.61. The highest BCUT2D eigenvalue weighted by Crippen LogP contribution is 2.29. The van der Waals surface area contributed by atoms with E-state index < -0.39 is 5.97 Å². The van der Waals surface area contributed by atoms with Crippen LogP contribution in [0.3, 0.4) is 0 Å². The molecule has 0 bridgehead atoms. The van der Waals surface area contributed by atoms with Crippen molar-refractivity contribution in [3.05, 3.63) is 51.5 Å². The third-order valence-electron chi connectivity index (χ3n) is 2.76. The van der Waals surface area contributed by atoms with Crippen LogP contribution in [0.5, 0.6) is 0 Å². The standard InChI is InChI=1S/C15H14BrClN2O2/c1-2-21-15(20)11-8-10(4-5-13(11)18)19-14-6-3-9(17)7-12(14)16/h3-8,19H,2,18H2,1H3. The number of rotatable bonds is 4. The van der Waals surface area contributed by atoms with E-state index in [0.717, 1.165) is 15.8 Å². The molecule has 0 fully saturated rings. The van der Waals surface area contributed by atoms with E-state index in [2.05, 4.69) is 21.2 Å². The molecule has 0 saturated carbocycles. The van der Waals surface area contributed by atoms with Gasteiger partial charge in [0.1, 0.15) is 0 Å². The van der Waals surface area contributed by atoms with Gasteiger partial charge >= 0.3 is 5.97 Å². The highest BCUT2D eigenvalue weighted by atomic mass is 79.9. The Balaban J connectivity index is 2.28. The molecule has 0 aromatic heterocycles. The Labute approximate surface area is 136 Å². The zero-order valence-corrected chi connectivity index (χ0v) is 13.7. The number of hydrogen-bond donors (Lipinski definition) is 2. The molecule has 21 heavy (non-hydrogen) atoms. The molecule has 2 aromatic carbocycles. The first-order chi connectivity index (χ1) is 10.0. The molecule has 0 spiro atoms. The number of halogens is 2. The number of esters is 1. The number of nitrogen functional groups attached to an aromatic ring is 1. The molecule has 0 heterocycles. The normalized spacial score (nSPS) is 10.2. The number of carbonyl (C=O) groups excluding carboxylic acids is 1. The summed E-state index contributed by atoms with van der Waals surface area (Å²) in [4.78, 5) is 11.8. The fourth-order valence-electron chi connectivity index (χ4n) is 1.77. The smallest absolute Gasteiger partial charge is 0.340 e. The van der Waals surface area contributed by atoms with Crippen LogP contribution in [0, 0.1) is 0 Å². The summed E-state index contributed by atoms with van der Waals surface area (Å²) in [5.41, 5.74) is 8.10. The molecular weight excluding hydrogens is 356 g/mol. The average molecular weight is 370 g/mol. The van der Waals surface area contributed by atoms with Gasteiger partial charge < -0.3 is 15.8 Å². The van der Waals surface area contributed by atoms with E-state index in [4.69, 9.17) is 22.1 Å². The third kappa shape index (κ3) is 3.89. The highest BCUT2D eigenvalue weighted by Gasteiger charge is 2.12. The van der Waals surface area contributed by atoms with Gasteiger partial charge in [0.15, 0.2) is 0 Å². The fourth-order valence-corrected chi connectivity index (χ4v) is 2.55. The minimum Gasteiger partial charge on any atom is -0.462 e. The Hall–Kier alpha value is -1.72. The van der Waals surface area contributed by atoms with Crippen LogP contribution in [0.15, 0.2) is 40.9 Å². The van der Waals surface area contributed by atoms with Crippen molar-refractivity contribution in [3.63, 3.8) is 0 Å². The summed E-state index contributed by atoms with van der Waals surface area (Å²) in [7, 11) is 0. The van der Waals surface area contributed by atoms with Gasteiger partial charge in [-0.25, -0.2) is 4.79 Å². The second-order valence-corrected chi connectivity index (χ2v) is 5.56. The lowest BCUT2D eigenvalue weighted by Crippen LogP contribution is -2.08. The summed E-state index contributed by atoms with van der Waals surface area (Å²) < 4.78 is 5.80. The Morgan fingerprint density at radius 1 is 1.33 bits per heavy atom. The van der Waals surface area contributed by atoms with Gasteiger partial charge in [-0.15, -0.1) is 0 Å². The molecule has 0 amide bonds. The molecule has 2 rings (SSSR count). The maximum Gasteiger partial charge on any atom is 0.340 e. The summed E-state index contributed by atoms with van der Waals surface area (Å²) in [5.74, 6) is -0.436. The Morgan fingerprint density at radius 2 is 2.10 bits per heavy atom. The second-order valence-electron chi connectivity index (χ2n) is 4.27. The van der Waals surface area contributed by atoms with Gasteiger partial charge in [-0.1, -0.05) is 11.6 Å². The van der Waals surface area contributed by atoms with Gasteiger partial charge in [-0.3, -0.25) is 0 Å². The first-order valence-corrected chi connectivity index (χ1v) is 7.47. The molecule has 0 radical (unpaired) electrons. The van der Waals surface area contributed by atoms with Gasteiger partial charge in [0, 0.05) is 20.9 Å². The molecule has 6 heteroatoms. The highest BCUT2D eigenvalue weighted by molar-refractivity contribution is 9.10. The molecule has 0 aliphatic rings. The molecule has 0 aliphatic carbocycles. The minimum absolute atomic E-state index is 0.304. The van der Waals surface area contributed by atoms with E-state index in [1.54, 1.807) is 37.3 Å². The first-order valence-electron chi connectivity index (χ1n) is 6.30. The average Bonchev–Trinajstić information content (AvgIpc) is 2.44. The van der Waals surface area contributed by atoms with Crippen molar-refractivity contribution in [2.75, 3.05) is 17.7 Å². The van der Waals surface area contributed by atoms with Gasteiger partial charge in [0.05, 0.1) is 17.9 Å². The summed E-state index contributed by atoms with van der Waals surface area (Å²) in [6.45, 7) is 2.06. The third-order valence-corrected chi connectivity index (χ3v) is 3.65. The summed E-state index contributed by atoms with van der Waals surface area (Å²) in [6, 6.07) is 10.5. The topological polar surface area (TPSA) is 64.3 Å². The zero-order chi connectivity index (χ0) is 15.4. The molecule has 3 N–H and O–H groups in total. The maximum atomic E-state index is 11.8. The zero-order valence-electron chi connectivity index (χ0n) is 11.3. The predicted molar refractivity (Wildman–Crippen MR) is 89.2 cm³/mol. The molecule has 0 aliphatic heterocycles. The second kappa shape index (κ2) is 6.83. The summed E-state index contributed by atoms with van der Waals surface area (Å²) in [5, 5.41) is 3.83. The number of hydrogen-bond acceptors (Lipinski definition) is 4. The molecule has 0 saturated heterocycles. The monoisotopic (exact) mass is 368 g/mol. The van der Waals surface area contributed by atoms with Crippen LogP contribution < -0.4 is 11.1 Å². The lowest BCUT2D eigenvalue weighted by Gasteiger charge is -2.11. The SMILES string of the molecule is CCOC(=O)c1cc(Nc2ccc(Cl)cc2Br)ccc1N. The van der Waals surface area contributed by atoms with E-state index in [-0.39, 0.29) is 0 Å². The van der Waals surface area contributed by atoms with Crippen LogP contribution in [0.4, 0.5) is 17.1 Å². The quantitative estimate of drug-likeness (QED) is 0.610. The van der Waals surface area contributed by atoms with Crippen molar-refractivity contribution in [1.82, 2.24) is 0 Å². The van der Waals surface area contributed by atoms with E-state index in [1.165, 1.54) is 0 Å². The van der Waals surface area contributed by atoms with E-state index in [1.807, 2.05) is 6.07 Å². The Kier molecular flexibility index (Phi) is 5.09. The molecule has 0 unspecified atom stereocenters. The molecule has 0 atom stereocenters. The molecule has 2 aromatic rings. The Bertz CT molecular complexity index is 677. The van der Waals surface area contributed by atoms with Crippen molar-refractivity contribution < 1.29 is 9.53 Å². The minimum atomic E-state index is -0.436. The van der Waals surface area contributed by atoms with Crippen molar-refractivity contribution in [1.29, 1.82) is 0 Å². The number of nitrogens with two attached hydrogens (primary N) is 1. The molecular formula is C15H14BrClN2O2. The van der Waals surface area contributed by atoms with Gasteiger partial charge in [-0.05, 0) is 59.3 Å². The van der Waals surface area contributed by atoms with Gasteiger partial charge in [0.25, 0.3) is 0 Å². The van der Waals surface area contributed by atoms with E-state index >= 15 is 0 Å². The first kappa shape index (κ1) is 15.7. The van der Waals surface area contributed by atoms with Crippen molar-refractivity contribution >= 4 is 50.6 Å². The van der Waals surface area contributed by atoms with Crippen molar-refractivity contribution in [2.45, 2.75) is 6.92 Å². The van der Waals surface area contributed by atoms with Crippen LogP contribution in [0.25, 0.3) is 0 Å². The van der Waals surface area contributed by atoms with Crippen molar-refractivity contribution in [2.24, 2.45) is 0 Å². The van der Waals surface area contributed by atoms with Crippen LogP contribution >= 0.6 is 27.5 Å². The van der Waals surface area contributed by atoms with Crippen LogP contribution in [-0.4, -0.2) is 12.6 Å². The van der Waals surface area contributed by atoms with E-state index in [9.17, 15) is 4.79 Å². The summed E-state index contributed by atoms with van der Waals surface area (Å²) in [6.07, 6.45) is 0. The number of nitrogens with one attached hydrogen (secondary N) is 1. The lowest BCUT2D eigenvalue weighted by molar-refractivity contribution is 0.0527. The number of carbonyl (C=O) groups is 1. The molecule has 4 nitrogen and oxygen atoms in total. The summed E-state index contributed by atoms with van der Waals surface area (Å²) >= 11 is 9.33. The van der Waals surface area contributed by atoms with Crippen LogP contribution in [0.1, 0.15) is 17.3 Å².